The van der Waals surface area contributed by atoms with E-state index in [4.69, 9.17) is 4.74 Å². The van der Waals surface area contributed by atoms with Gasteiger partial charge < -0.3 is 10.1 Å². The smallest absolute Gasteiger partial charge is 0.263 e. The van der Waals surface area contributed by atoms with Crippen LogP contribution < -0.4 is 5.32 Å². The maximum Gasteiger partial charge on any atom is 0.263 e. The first-order valence-corrected chi connectivity index (χ1v) is 8.52. The second-order valence-corrected chi connectivity index (χ2v) is 6.38. The predicted molar refractivity (Wildman–Crippen MR) is 89.7 cm³/mol. The van der Waals surface area contributed by atoms with E-state index < -0.39 is 0 Å². The van der Waals surface area contributed by atoms with Crippen LogP contribution >= 0.6 is 11.3 Å². The number of carbonyl (C=O) groups is 1. The van der Waals surface area contributed by atoms with Crippen molar-refractivity contribution in [1.29, 1.82) is 0 Å². The summed E-state index contributed by atoms with van der Waals surface area (Å²) in [7, 11) is 0. The van der Waals surface area contributed by atoms with E-state index in [0.29, 0.717) is 11.4 Å². The summed E-state index contributed by atoms with van der Waals surface area (Å²) in [5.74, 6) is -0.0476. The molecule has 1 saturated heterocycles. The van der Waals surface area contributed by atoms with Gasteiger partial charge in [-0.05, 0) is 19.1 Å². The maximum absolute atomic E-state index is 12.4. The molecule has 0 aromatic carbocycles. The largest absolute Gasteiger partial charge is 0.379 e. The minimum Gasteiger partial charge on any atom is -0.379 e. The Morgan fingerprint density at radius 1 is 1.35 bits per heavy atom. The number of ether oxygens (including phenoxy) is 1. The molecule has 0 aliphatic carbocycles. The number of aryl methyl sites for hydroxylation is 1. The van der Waals surface area contributed by atoms with Gasteiger partial charge in [0.2, 0.25) is 0 Å². The third-order valence-electron chi connectivity index (χ3n) is 3.75. The maximum atomic E-state index is 12.4. The van der Waals surface area contributed by atoms with Crippen LogP contribution in [-0.4, -0.2) is 60.2 Å². The van der Waals surface area contributed by atoms with E-state index in [1.807, 2.05) is 19.1 Å². The molecule has 0 atom stereocenters. The highest BCUT2D eigenvalue weighted by molar-refractivity contribution is 7.17. The summed E-state index contributed by atoms with van der Waals surface area (Å²) >= 11 is 1.42. The molecule has 122 valence electrons. The first kappa shape index (κ1) is 16.0. The fraction of sp³-hybridized carbons (Fsp3) is 0.438. The Morgan fingerprint density at radius 3 is 2.83 bits per heavy atom. The van der Waals surface area contributed by atoms with Crippen LogP contribution in [0.15, 0.2) is 24.5 Å². The number of pyridine rings is 1. The van der Waals surface area contributed by atoms with Gasteiger partial charge >= 0.3 is 0 Å². The molecule has 0 bridgehead atoms. The number of nitrogens with one attached hydrogen (secondary N) is 1. The van der Waals surface area contributed by atoms with Gasteiger partial charge in [-0.15, -0.1) is 11.3 Å². The van der Waals surface area contributed by atoms with E-state index in [0.717, 1.165) is 49.1 Å². The molecular formula is C16H20N4O2S. The highest BCUT2D eigenvalue weighted by Crippen LogP contribution is 2.27. The molecule has 6 nitrogen and oxygen atoms in total. The number of carbonyl (C=O) groups excluding carboxylic acids is 1. The molecule has 1 amide bonds. The van der Waals surface area contributed by atoms with Crippen LogP contribution in [0.1, 0.15) is 15.4 Å². The molecule has 3 heterocycles. The van der Waals surface area contributed by atoms with Crippen molar-refractivity contribution < 1.29 is 9.53 Å². The third-order valence-corrected chi connectivity index (χ3v) is 4.95. The number of hydrogen-bond donors (Lipinski definition) is 1. The zero-order valence-electron chi connectivity index (χ0n) is 13.1. The Balaban J connectivity index is 1.58. The van der Waals surface area contributed by atoms with Crippen molar-refractivity contribution in [2.75, 3.05) is 39.4 Å². The van der Waals surface area contributed by atoms with Crippen molar-refractivity contribution in [3.8, 4) is 10.6 Å². The zero-order valence-corrected chi connectivity index (χ0v) is 13.9. The molecule has 0 saturated carbocycles. The summed E-state index contributed by atoms with van der Waals surface area (Å²) in [6.45, 7) is 6.78. The van der Waals surface area contributed by atoms with Crippen molar-refractivity contribution in [2.24, 2.45) is 0 Å². The molecule has 2 aromatic rings. The molecule has 3 rings (SSSR count). The minimum atomic E-state index is -0.0476. The standard InChI is InChI=1S/C16H20N4O2S/c1-12-14(23-16(19-12)13-2-4-17-5-3-13)15(21)18-6-7-20-8-10-22-11-9-20/h2-5H,6-11H2,1H3,(H,18,21). The Hall–Kier alpha value is -1.83. The second kappa shape index (κ2) is 7.63. The summed E-state index contributed by atoms with van der Waals surface area (Å²) in [6.07, 6.45) is 3.46. The van der Waals surface area contributed by atoms with Crippen LogP contribution in [0.25, 0.3) is 10.6 Å². The van der Waals surface area contributed by atoms with Crippen molar-refractivity contribution in [3.05, 3.63) is 35.1 Å². The van der Waals surface area contributed by atoms with Gasteiger partial charge in [0.1, 0.15) is 9.88 Å². The quantitative estimate of drug-likeness (QED) is 0.900. The lowest BCUT2D eigenvalue weighted by Gasteiger charge is -2.26. The van der Waals surface area contributed by atoms with Gasteiger partial charge in [0.05, 0.1) is 18.9 Å². The summed E-state index contributed by atoms with van der Waals surface area (Å²) in [5.41, 5.74) is 1.76. The Bertz CT molecular complexity index is 653. The van der Waals surface area contributed by atoms with E-state index in [-0.39, 0.29) is 5.91 Å². The lowest BCUT2D eigenvalue weighted by molar-refractivity contribution is 0.0383. The monoisotopic (exact) mass is 332 g/mol. The van der Waals surface area contributed by atoms with Gasteiger partial charge in [-0.1, -0.05) is 0 Å². The normalized spacial score (nSPS) is 15.5. The van der Waals surface area contributed by atoms with Crippen LogP contribution in [0.3, 0.4) is 0 Å². The Kier molecular flexibility index (Phi) is 5.32. The topological polar surface area (TPSA) is 67.4 Å². The van der Waals surface area contributed by atoms with Gasteiger partial charge in [0, 0.05) is 44.1 Å². The number of aromatic nitrogens is 2. The molecule has 0 radical (unpaired) electrons. The molecule has 2 aromatic heterocycles. The summed E-state index contributed by atoms with van der Waals surface area (Å²) < 4.78 is 5.32. The molecule has 1 fully saturated rings. The fourth-order valence-corrected chi connectivity index (χ4v) is 3.45. The van der Waals surface area contributed by atoms with Crippen LogP contribution in [0.2, 0.25) is 0 Å². The molecule has 7 heteroatoms. The van der Waals surface area contributed by atoms with Gasteiger partial charge in [0.15, 0.2) is 0 Å². The minimum absolute atomic E-state index is 0.0476. The van der Waals surface area contributed by atoms with Gasteiger partial charge in [-0.3, -0.25) is 14.7 Å². The molecule has 1 N–H and O–H groups in total. The summed E-state index contributed by atoms with van der Waals surface area (Å²) in [6, 6.07) is 3.80. The van der Waals surface area contributed by atoms with Crippen LogP contribution in [0, 0.1) is 6.92 Å². The molecule has 23 heavy (non-hydrogen) atoms. The predicted octanol–water partition coefficient (Wildman–Crippen LogP) is 1.58. The SMILES string of the molecule is Cc1nc(-c2ccncc2)sc1C(=O)NCCN1CCOCC1. The van der Waals surface area contributed by atoms with Crippen molar-refractivity contribution in [1.82, 2.24) is 20.2 Å². The van der Waals surface area contributed by atoms with Crippen LogP contribution in [0.5, 0.6) is 0 Å². The third kappa shape index (κ3) is 4.13. The van der Waals surface area contributed by atoms with E-state index in [1.165, 1.54) is 11.3 Å². The number of hydrogen-bond acceptors (Lipinski definition) is 6. The van der Waals surface area contributed by atoms with Crippen LogP contribution in [0.4, 0.5) is 0 Å². The molecular weight excluding hydrogens is 312 g/mol. The average molecular weight is 332 g/mol. The van der Waals surface area contributed by atoms with E-state index in [1.54, 1.807) is 12.4 Å². The lowest BCUT2D eigenvalue weighted by atomic mass is 10.3. The highest BCUT2D eigenvalue weighted by atomic mass is 32.1. The van der Waals surface area contributed by atoms with Gasteiger partial charge in [0.25, 0.3) is 5.91 Å². The zero-order chi connectivity index (χ0) is 16.1. The molecule has 1 aliphatic rings. The number of amides is 1. The van der Waals surface area contributed by atoms with E-state index >= 15 is 0 Å². The van der Waals surface area contributed by atoms with E-state index in [2.05, 4.69) is 20.2 Å². The summed E-state index contributed by atoms with van der Waals surface area (Å²) in [4.78, 5) is 23.8. The summed E-state index contributed by atoms with van der Waals surface area (Å²) in [5, 5.41) is 3.84. The second-order valence-electron chi connectivity index (χ2n) is 5.38. The molecule has 0 unspecified atom stereocenters. The van der Waals surface area contributed by atoms with Crippen molar-refractivity contribution >= 4 is 17.2 Å². The Labute approximate surface area is 139 Å². The lowest BCUT2D eigenvalue weighted by Crippen LogP contribution is -2.41. The number of thiazole rings is 1. The number of rotatable bonds is 5. The highest BCUT2D eigenvalue weighted by Gasteiger charge is 2.16. The molecule has 0 spiro atoms. The first-order chi connectivity index (χ1) is 11.2. The van der Waals surface area contributed by atoms with Gasteiger partial charge in [-0.2, -0.15) is 0 Å². The van der Waals surface area contributed by atoms with Crippen molar-refractivity contribution in [2.45, 2.75) is 6.92 Å². The van der Waals surface area contributed by atoms with Crippen LogP contribution in [-0.2, 0) is 4.74 Å². The molecule has 1 aliphatic heterocycles. The number of morpholine rings is 1. The average Bonchev–Trinajstić information content (AvgIpc) is 2.98. The van der Waals surface area contributed by atoms with Crippen molar-refractivity contribution in [3.63, 3.8) is 0 Å². The number of nitrogens with zero attached hydrogens (tertiary/aromatic N) is 3. The van der Waals surface area contributed by atoms with E-state index in [9.17, 15) is 4.79 Å². The first-order valence-electron chi connectivity index (χ1n) is 7.70. The fourth-order valence-electron chi connectivity index (χ4n) is 2.46. The van der Waals surface area contributed by atoms with Gasteiger partial charge in [-0.25, -0.2) is 4.98 Å². The Morgan fingerprint density at radius 2 is 2.09 bits per heavy atom.